The van der Waals surface area contributed by atoms with Crippen molar-refractivity contribution in [3.63, 3.8) is 0 Å². The van der Waals surface area contributed by atoms with E-state index in [2.05, 4.69) is 19.2 Å². The Morgan fingerprint density at radius 1 is 1.30 bits per heavy atom. The lowest BCUT2D eigenvalue weighted by atomic mass is 10.0. The Labute approximate surface area is 127 Å². The second-order valence-electron chi connectivity index (χ2n) is 5.78. The minimum Gasteiger partial charge on any atom is -0.484 e. The van der Waals surface area contributed by atoms with Crippen molar-refractivity contribution in [2.24, 2.45) is 5.73 Å². The molecule has 0 saturated heterocycles. The minimum absolute atomic E-state index is 0. The highest BCUT2D eigenvalue weighted by Gasteiger charge is 2.12. The average Bonchev–Trinajstić information content (AvgIpc) is 2.33. The number of benzene rings is 1. The average molecular weight is 301 g/mol. The second-order valence-corrected chi connectivity index (χ2v) is 5.78. The van der Waals surface area contributed by atoms with Gasteiger partial charge in [-0.05, 0) is 37.5 Å². The Bertz CT molecular complexity index is 411. The molecule has 0 atom stereocenters. The lowest BCUT2D eigenvalue weighted by Gasteiger charge is -2.18. The number of ether oxygens (including phenoxy) is 1. The van der Waals surface area contributed by atoms with Crippen LogP contribution < -0.4 is 15.8 Å². The zero-order valence-corrected chi connectivity index (χ0v) is 13.4. The van der Waals surface area contributed by atoms with Crippen LogP contribution in [0.3, 0.4) is 0 Å². The van der Waals surface area contributed by atoms with E-state index >= 15 is 0 Å². The normalized spacial score (nSPS) is 10.9. The molecule has 4 nitrogen and oxygen atoms in total. The summed E-state index contributed by atoms with van der Waals surface area (Å²) in [5, 5.41) is 2.73. The SMILES string of the molecule is CC(C)c1ccc(OCC(=O)NCC(C)(C)N)cc1.Cl. The zero-order valence-electron chi connectivity index (χ0n) is 12.6. The molecule has 20 heavy (non-hydrogen) atoms. The molecular formula is C15H25ClN2O2. The zero-order chi connectivity index (χ0) is 14.5. The quantitative estimate of drug-likeness (QED) is 0.848. The molecule has 0 fully saturated rings. The summed E-state index contributed by atoms with van der Waals surface area (Å²) >= 11 is 0. The van der Waals surface area contributed by atoms with Gasteiger partial charge in [0.1, 0.15) is 5.75 Å². The van der Waals surface area contributed by atoms with Crippen molar-refractivity contribution in [3.8, 4) is 5.75 Å². The van der Waals surface area contributed by atoms with Gasteiger partial charge in [-0.2, -0.15) is 0 Å². The second kappa shape index (κ2) is 8.12. The molecule has 0 aliphatic carbocycles. The van der Waals surface area contributed by atoms with E-state index in [1.54, 1.807) is 0 Å². The summed E-state index contributed by atoms with van der Waals surface area (Å²) in [5.41, 5.74) is 6.62. The largest absolute Gasteiger partial charge is 0.484 e. The van der Waals surface area contributed by atoms with Gasteiger partial charge in [0.15, 0.2) is 6.61 Å². The summed E-state index contributed by atoms with van der Waals surface area (Å²) in [5.74, 6) is 1.03. The molecule has 0 unspecified atom stereocenters. The molecule has 0 spiro atoms. The summed E-state index contributed by atoms with van der Waals surface area (Å²) in [6.45, 7) is 8.44. The van der Waals surface area contributed by atoms with Gasteiger partial charge < -0.3 is 15.8 Å². The Morgan fingerprint density at radius 3 is 2.30 bits per heavy atom. The van der Waals surface area contributed by atoms with Crippen molar-refractivity contribution in [1.82, 2.24) is 5.32 Å². The molecule has 0 heterocycles. The van der Waals surface area contributed by atoms with Crippen molar-refractivity contribution >= 4 is 18.3 Å². The van der Waals surface area contributed by atoms with Crippen LogP contribution in [0.2, 0.25) is 0 Å². The number of carbonyl (C=O) groups is 1. The van der Waals surface area contributed by atoms with Crippen LogP contribution in [0.5, 0.6) is 5.75 Å². The third kappa shape index (κ3) is 7.36. The van der Waals surface area contributed by atoms with Crippen LogP contribution in [0.1, 0.15) is 39.2 Å². The van der Waals surface area contributed by atoms with Gasteiger partial charge in [-0.1, -0.05) is 26.0 Å². The minimum atomic E-state index is -0.408. The smallest absolute Gasteiger partial charge is 0.258 e. The Morgan fingerprint density at radius 2 is 1.85 bits per heavy atom. The van der Waals surface area contributed by atoms with E-state index in [0.29, 0.717) is 18.2 Å². The van der Waals surface area contributed by atoms with Crippen LogP contribution in [0, 0.1) is 0 Å². The summed E-state index contributed by atoms with van der Waals surface area (Å²) in [6, 6.07) is 7.80. The van der Waals surface area contributed by atoms with Crippen molar-refractivity contribution in [2.75, 3.05) is 13.2 Å². The summed E-state index contributed by atoms with van der Waals surface area (Å²) < 4.78 is 5.41. The van der Waals surface area contributed by atoms with Gasteiger partial charge in [-0.25, -0.2) is 0 Å². The molecule has 0 radical (unpaired) electrons. The first-order valence-corrected chi connectivity index (χ1v) is 6.56. The first-order chi connectivity index (χ1) is 8.78. The molecule has 0 bridgehead atoms. The number of amides is 1. The van der Waals surface area contributed by atoms with Crippen molar-refractivity contribution in [3.05, 3.63) is 29.8 Å². The topological polar surface area (TPSA) is 64.3 Å². The van der Waals surface area contributed by atoms with Crippen LogP contribution in [-0.4, -0.2) is 24.6 Å². The Hall–Kier alpha value is -1.26. The van der Waals surface area contributed by atoms with Crippen LogP contribution in [0.15, 0.2) is 24.3 Å². The van der Waals surface area contributed by atoms with Gasteiger partial charge in [-0.15, -0.1) is 12.4 Å². The number of carbonyl (C=O) groups excluding carboxylic acids is 1. The van der Waals surface area contributed by atoms with Gasteiger partial charge in [0.25, 0.3) is 5.91 Å². The third-order valence-corrected chi connectivity index (χ3v) is 2.66. The molecule has 114 valence electrons. The molecule has 1 aromatic carbocycles. The summed E-state index contributed by atoms with van der Waals surface area (Å²) in [7, 11) is 0. The maximum Gasteiger partial charge on any atom is 0.258 e. The molecule has 0 aliphatic heterocycles. The molecule has 0 aliphatic rings. The first kappa shape index (κ1) is 18.7. The fourth-order valence-electron chi connectivity index (χ4n) is 1.48. The van der Waals surface area contributed by atoms with Gasteiger partial charge >= 0.3 is 0 Å². The number of nitrogens with two attached hydrogens (primary N) is 1. The van der Waals surface area contributed by atoms with E-state index in [4.69, 9.17) is 10.5 Å². The molecule has 1 rings (SSSR count). The number of halogens is 1. The molecular weight excluding hydrogens is 276 g/mol. The standard InChI is InChI=1S/C15H24N2O2.ClH/c1-11(2)12-5-7-13(8-6-12)19-9-14(18)17-10-15(3,4)16;/h5-8,11H,9-10,16H2,1-4H3,(H,17,18);1H. The highest BCUT2D eigenvalue weighted by molar-refractivity contribution is 5.85. The highest BCUT2D eigenvalue weighted by atomic mass is 35.5. The van der Waals surface area contributed by atoms with E-state index in [9.17, 15) is 4.79 Å². The lowest BCUT2D eigenvalue weighted by molar-refractivity contribution is -0.123. The first-order valence-electron chi connectivity index (χ1n) is 6.56. The molecule has 0 saturated carbocycles. The number of nitrogens with one attached hydrogen (secondary N) is 1. The van der Waals surface area contributed by atoms with Crippen molar-refractivity contribution in [1.29, 1.82) is 0 Å². The van der Waals surface area contributed by atoms with Crippen LogP contribution in [-0.2, 0) is 4.79 Å². The van der Waals surface area contributed by atoms with Gasteiger partial charge in [0, 0.05) is 12.1 Å². The fourth-order valence-corrected chi connectivity index (χ4v) is 1.48. The Balaban J connectivity index is 0.00000361. The predicted molar refractivity (Wildman–Crippen MR) is 84.6 cm³/mol. The molecule has 1 aromatic rings. The summed E-state index contributed by atoms with van der Waals surface area (Å²) in [4.78, 5) is 11.5. The van der Waals surface area contributed by atoms with E-state index < -0.39 is 5.54 Å². The van der Waals surface area contributed by atoms with E-state index in [1.807, 2.05) is 38.1 Å². The monoisotopic (exact) mass is 300 g/mol. The third-order valence-electron chi connectivity index (χ3n) is 2.66. The number of rotatable bonds is 6. The maximum absolute atomic E-state index is 11.5. The Kier molecular flexibility index (Phi) is 7.61. The van der Waals surface area contributed by atoms with Crippen LogP contribution in [0.4, 0.5) is 0 Å². The van der Waals surface area contributed by atoms with E-state index in [-0.39, 0.29) is 24.9 Å². The molecule has 3 N–H and O–H groups in total. The van der Waals surface area contributed by atoms with Crippen molar-refractivity contribution in [2.45, 2.75) is 39.2 Å². The number of hydrogen-bond acceptors (Lipinski definition) is 3. The van der Waals surface area contributed by atoms with E-state index in [0.717, 1.165) is 0 Å². The highest BCUT2D eigenvalue weighted by Crippen LogP contribution is 2.18. The lowest BCUT2D eigenvalue weighted by Crippen LogP contribution is -2.46. The summed E-state index contributed by atoms with van der Waals surface area (Å²) in [6.07, 6.45) is 0. The molecule has 1 amide bonds. The molecule has 5 heteroatoms. The predicted octanol–water partition coefficient (Wildman–Crippen LogP) is 2.46. The van der Waals surface area contributed by atoms with E-state index in [1.165, 1.54) is 5.56 Å². The number of hydrogen-bond donors (Lipinski definition) is 2. The van der Waals surface area contributed by atoms with Crippen molar-refractivity contribution < 1.29 is 9.53 Å². The van der Waals surface area contributed by atoms with Crippen LogP contribution >= 0.6 is 12.4 Å². The maximum atomic E-state index is 11.5. The van der Waals surface area contributed by atoms with Gasteiger partial charge in [0.2, 0.25) is 0 Å². The fraction of sp³-hybridized carbons (Fsp3) is 0.533. The van der Waals surface area contributed by atoms with Gasteiger partial charge in [-0.3, -0.25) is 4.79 Å². The molecule has 0 aromatic heterocycles. The van der Waals surface area contributed by atoms with Crippen LogP contribution in [0.25, 0.3) is 0 Å². The van der Waals surface area contributed by atoms with Gasteiger partial charge in [0.05, 0.1) is 0 Å².